The van der Waals surface area contributed by atoms with Crippen molar-refractivity contribution in [1.29, 1.82) is 0 Å². The number of imidazole rings is 1. The molecule has 0 aliphatic rings. The summed E-state index contributed by atoms with van der Waals surface area (Å²) in [6.45, 7) is 23.1. The average molecular weight is 994 g/mol. The maximum atomic E-state index is 6.72. The smallest absolute Gasteiger partial charge is 0.121 e. The number of pyridine rings is 1. The van der Waals surface area contributed by atoms with Crippen molar-refractivity contribution in [2.24, 2.45) is 0 Å². The number of rotatable bonds is 7. The zero-order chi connectivity index (χ0) is 42.3. The van der Waals surface area contributed by atoms with Crippen LogP contribution in [0.5, 0.6) is 0 Å². The van der Waals surface area contributed by atoms with E-state index in [0.29, 0.717) is 11.8 Å². The van der Waals surface area contributed by atoms with Crippen molar-refractivity contribution in [1.82, 2.24) is 14.5 Å². The minimum absolute atomic E-state index is 0. The average Bonchev–Trinajstić information content (AvgIpc) is 3.82. The van der Waals surface area contributed by atoms with Gasteiger partial charge in [-0.3, -0.25) is 4.98 Å². The molecule has 0 aliphatic carbocycles. The van der Waals surface area contributed by atoms with Crippen LogP contribution in [-0.2, 0) is 25.5 Å². The van der Waals surface area contributed by atoms with Gasteiger partial charge in [0, 0.05) is 37.4 Å². The summed E-state index contributed by atoms with van der Waals surface area (Å²) in [6, 6.07) is 53.4. The molecule has 9 aromatic rings. The van der Waals surface area contributed by atoms with E-state index in [1.165, 1.54) is 33.1 Å². The Morgan fingerprint density at radius 2 is 1.36 bits per heavy atom. The van der Waals surface area contributed by atoms with Gasteiger partial charge in [-0.2, -0.15) is 0 Å². The summed E-state index contributed by atoms with van der Waals surface area (Å²) in [7, 11) is -1.23. The molecule has 6 aromatic carbocycles. The number of nitrogens with zero attached hydrogens (tertiary/aromatic N) is 3. The Morgan fingerprint density at radius 3 is 1.98 bits per heavy atom. The molecule has 0 unspecified atom stereocenters. The predicted octanol–water partition coefficient (Wildman–Crippen LogP) is 14.7. The molecule has 9 rings (SSSR count). The Labute approximate surface area is 376 Å². The van der Waals surface area contributed by atoms with Crippen LogP contribution >= 0.6 is 0 Å². The number of fused-ring (bicyclic) bond motifs is 4. The molecule has 0 fully saturated rings. The number of hydrogen-bond acceptors (Lipinski definition) is 3. The molecule has 3 heterocycles. The molecule has 311 valence electrons. The SMILES string of the molecule is CC(C)c1cc(C(C)(C)C)cc(C(C)C)c1-n1c(-c2[c-]ccc3c2oc2cc(-c4ccccc4)ccc23)nc2ccccc21.C[Si](C)(C)c1ccc(-c2[c-]cccc2)nc1.[Ir]. The van der Waals surface area contributed by atoms with E-state index in [-0.39, 0.29) is 25.5 Å². The molecule has 0 atom stereocenters. The fourth-order valence-electron chi connectivity index (χ4n) is 7.94. The molecule has 0 spiro atoms. The van der Waals surface area contributed by atoms with E-state index in [1.54, 1.807) is 0 Å². The van der Waals surface area contributed by atoms with Gasteiger partial charge < -0.3 is 14.0 Å². The van der Waals surface area contributed by atoms with E-state index in [4.69, 9.17) is 9.40 Å². The van der Waals surface area contributed by atoms with Crippen LogP contribution in [0.15, 0.2) is 144 Å². The normalized spacial score (nSPS) is 11.9. The Balaban J connectivity index is 0.000000278. The van der Waals surface area contributed by atoms with E-state index in [2.05, 4.69) is 187 Å². The number of aromatic nitrogens is 3. The topological polar surface area (TPSA) is 43.9 Å². The Kier molecular flexibility index (Phi) is 12.6. The van der Waals surface area contributed by atoms with Gasteiger partial charge in [0.05, 0.1) is 30.5 Å². The summed E-state index contributed by atoms with van der Waals surface area (Å²) in [5.41, 5.74) is 14.2. The fraction of sp³-hybridized carbons (Fsp3) is 0.236. The second-order valence-electron chi connectivity index (χ2n) is 18.6. The molecule has 0 saturated carbocycles. The van der Waals surface area contributed by atoms with Crippen molar-refractivity contribution in [3.63, 3.8) is 0 Å². The molecule has 1 radical (unpaired) electrons. The minimum atomic E-state index is -1.23. The summed E-state index contributed by atoms with van der Waals surface area (Å²) < 4.78 is 9.10. The third-order valence-electron chi connectivity index (χ3n) is 11.4. The maximum Gasteiger partial charge on any atom is 0.121 e. The predicted molar refractivity (Wildman–Crippen MR) is 256 cm³/mol. The summed E-state index contributed by atoms with van der Waals surface area (Å²) >= 11 is 0. The van der Waals surface area contributed by atoms with Crippen LogP contribution in [0.25, 0.3) is 72.4 Å². The van der Waals surface area contributed by atoms with E-state index in [0.717, 1.165) is 61.2 Å². The van der Waals surface area contributed by atoms with Gasteiger partial charge in [-0.1, -0.05) is 158 Å². The number of furan rings is 1. The fourth-order valence-corrected chi connectivity index (χ4v) is 8.97. The largest absolute Gasteiger partial charge is 0.501 e. The molecule has 0 saturated heterocycles. The molecule has 0 amide bonds. The quantitative estimate of drug-likeness (QED) is 0.118. The molecule has 6 heteroatoms. The van der Waals surface area contributed by atoms with E-state index >= 15 is 0 Å². The van der Waals surface area contributed by atoms with Crippen LogP contribution < -0.4 is 5.19 Å². The second-order valence-corrected chi connectivity index (χ2v) is 23.6. The van der Waals surface area contributed by atoms with Crippen LogP contribution in [0, 0.1) is 12.1 Å². The van der Waals surface area contributed by atoms with Crippen molar-refractivity contribution in [2.75, 3.05) is 0 Å². The third-order valence-corrected chi connectivity index (χ3v) is 13.5. The van der Waals surface area contributed by atoms with Crippen molar-refractivity contribution >= 4 is 46.2 Å². The monoisotopic (exact) mass is 994 g/mol. The standard InChI is InChI=1S/C41H39N2O.C14H16NSi.Ir/c1-25(2)33-23-29(41(5,6)7)24-34(26(3)4)38(33)43-36-19-12-11-18-35(36)42-40(43)32-17-13-16-31-30-21-20-28(22-37(30)44-39(31)32)27-14-9-8-10-15-27;1-16(2,3)13-9-10-14(15-11-13)12-7-5-4-6-8-12;/h8-16,18-26H,1-7H3;4-7,9-11H,1-3H3;/q2*-1;. The van der Waals surface area contributed by atoms with E-state index < -0.39 is 8.07 Å². The van der Waals surface area contributed by atoms with Crippen molar-refractivity contribution in [2.45, 2.75) is 85.4 Å². The first kappa shape index (κ1) is 43.7. The molecule has 0 aliphatic heterocycles. The number of para-hydroxylation sites is 2. The van der Waals surface area contributed by atoms with E-state index in [1.807, 2.05) is 42.6 Å². The Hall–Kier alpha value is -5.39. The van der Waals surface area contributed by atoms with Gasteiger partial charge in [-0.05, 0) is 74.1 Å². The Bertz CT molecular complexity index is 2900. The van der Waals surface area contributed by atoms with Crippen LogP contribution in [0.4, 0.5) is 0 Å². The van der Waals surface area contributed by atoms with Crippen molar-refractivity contribution in [3.05, 3.63) is 168 Å². The zero-order valence-electron chi connectivity index (χ0n) is 37.0. The minimum Gasteiger partial charge on any atom is -0.501 e. The summed E-state index contributed by atoms with van der Waals surface area (Å²) in [6.07, 6.45) is 2.02. The van der Waals surface area contributed by atoms with Gasteiger partial charge in [0.1, 0.15) is 5.58 Å². The van der Waals surface area contributed by atoms with E-state index in [9.17, 15) is 0 Å². The van der Waals surface area contributed by atoms with Crippen LogP contribution in [0.2, 0.25) is 19.6 Å². The molecule has 61 heavy (non-hydrogen) atoms. The first-order valence-electron chi connectivity index (χ1n) is 21.2. The van der Waals surface area contributed by atoms with Gasteiger partial charge in [0.2, 0.25) is 0 Å². The maximum absolute atomic E-state index is 6.72. The van der Waals surface area contributed by atoms with Crippen LogP contribution in [0.1, 0.15) is 77.0 Å². The summed E-state index contributed by atoms with van der Waals surface area (Å²) in [5.74, 6) is 1.49. The molecule has 3 aromatic heterocycles. The van der Waals surface area contributed by atoms with Gasteiger partial charge in [-0.15, -0.1) is 54.1 Å². The first-order valence-corrected chi connectivity index (χ1v) is 24.7. The second kappa shape index (κ2) is 17.5. The van der Waals surface area contributed by atoms with Crippen molar-refractivity contribution < 1.29 is 24.5 Å². The molecule has 0 bridgehead atoms. The van der Waals surface area contributed by atoms with Gasteiger partial charge in [0.15, 0.2) is 0 Å². The summed E-state index contributed by atoms with van der Waals surface area (Å²) in [4.78, 5) is 9.81. The number of benzene rings is 6. The van der Waals surface area contributed by atoms with Crippen LogP contribution in [0.3, 0.4) is 0 Å². The van der Waals surface area contributed by atoms with Crippen LogP contribution in [-0.4, -0.2) is 22.6 Å². The summed E-state index contributed by atoms with van der Waals surface area (Å²) in [5, 5.41) is 3.56. The number of hydrogen-bond donors (Lipinski definition) is 0. The molecular weight excluding hydrogens is 939 g/mol. The van der Waals surface area contributed by atoms with Crippen molar-refractivity contribution in [3.8, 4) is 39.5 Å². The molecular formula is C55H55IrN3OSi-2. The first-order chi connectivity index (χ1) is 28.7. The molecule has 0 N–H and O–H groups in total. The van der Waals surface area contributed by atoms with Gasteiger partial charge in [0.25, 0.3) is 0 Å². The van der Waals surface area contributed by atoms with Gasteiger partial charge >= 0.3 is 0 Å². The van der Waals surface area contributed by atoms with Gasteiger partial charge in [-0.25, -0.2) is 0 Å². The Morgan fingerprint density at radius 1 is 0.672 bits per heavy atom. The molecule has 4 nitrogen and oxygen atoms in total. The zero-order valence-corrected chi connectivity index (χ0v) is 40.4. The third kappa shape index (κ3) is 8.86.